The van der Waals surface area contributed by atoms with Crippen LogP contribution in [0.5, 0.6) is 0 Å². The van der Waals surface area contributed by atoms with Crippen molar-refractivity contribution in [2.75, 3.05) is 11.1 Å². The van der Waals surface area contributed by atoms with Gasteiger partial charge in [-0.2, -0.15) is 0 Å². The van der Waals surface area contributed by atoms with Crippen LogP contribution in [0.3, 0.4) is 0 Å². The third kappa shape index (κ3) is 2.92. The van der Waals surface area contributed by atoms with Crippen LogP contribution in [-0.2, 0) is 0 Å². The molecule has 122 valence electrons. The van der Waals surface area contributed by atoms with E-state index in [2.05, 4.69) is 20.3 Å². The van der Waals surface area contributed by atoms with E-state index in [1.807, 2.05) is 30.3 Å². The Morgan fingerprint density at radius 1 is 1.04 bits per heavy atom. The Balaban J connectivity index is 1.65. The maximum absolute atomic E-state index is 12.6. The lowest BCUT2D eigenvalue weighted by Crippen LogP contribution is -2.12. The molecule has 0 saturated carbocycles. The first-order valence-corrected chi connectivity index (χ1v) is 8.35. The summed E-state index contributed by atoms with van der Waals surface area (Å²) in [5.74, 6) is -0.221. The van der Waals surface area contributed by atoms with Gasteiger partial charge in [0.2, 0.25) is 0 Å². The molecule has 6 nitrogen and oxygen atoms in total. The highest BCUT2D eigenvalue weighted by Gasteiger charge is 2.14. The third-order valence-electron chi connectivity index (χ3n) is 3.71. The van der Waals surface area contributed by atoms with E-state index in [1.165, 1.54) is 11.3 Å². The number of anilines is 2. The van der Waals surface area contributed by atoms with Gasteiger partial charge in [0.1, 0.15) is 4.83 Å². The molecule has 0 fully saturated rings. The van der Waals surface area contributed by atoms with Crippen LogP contribution in [-0.4, -0.2) is 20.9 Å². The van der Waals surface area contributed by atoms with Gasteiger partial charge in [0, 0.05) is 35.7 Å². The minimum atomic E-state index is -0.221. The van der Waals surface area contributed by atoms with Crippen LogP contribution in [0.15, 0.2) is 61.2 Å². The SMILES string of the molecule is Nc1c(NC(=O)c2cc3cccnc3s2)ccnc1-c1ccncc1. The highest BCUT2D eigenvalue weighted by molar-refractivity contribution is 7.20. The summed E-state index contributed by atoms with van der Waals surface area (Å²) in [4.78, 5) is 26.5. The number of amides is 1. The van der Waals surface area contributed by atoms with Crippen LogP contribution >= 0.6 is 11.3 Å². The fourth-order valence-corrected chi connectivity index (χ4v) is 3.39. The molecular weight excluding hydrogens is 334 g/mol. The van der Waals surface area contributed by atoms with Gasteiger partial charge in [-0.3, -0.25) is 14.8 Å². The molecule has 0 bridgehead atoms. The molecule has 1 amide bonds. The predicted molar refractivity (Wildman–Crippen MR) is 99.5 cm³/mol. The lowest BCUT2D eigenvalue weighted by Gasteiger charge is -2.10. The van der Waals surface area contributed by atoms with Crippen LogP contribution < -0.4 is 11.1 Å². The molecule has 4 rings (SSSR count). The van der Waals surface area contributed by atoms with Crippen molar-refractivity contribution in [2.24, 2.45) is 0 Å². The van der Waals surface area contributed by atoms with Crippen molar-refractivity contribution in [3.8, 4) is 11.3 Å². The lowest BCUT2D eigenvalue weighted by atomic mass is 10.1. The van der Waals surface area contributed by atoms with Gasteiger partial charge in [-0.05, 0) is 30.3 Å². The van der Waals surface area contributed by atoms with Crippen molar-refractivity contribution in [3.05, 3.63) is 66.1 Å². The zero-order valence-electron chi connectivity index (χ0n) is 13.0. The average Bonchev–Trinajstić information content (AvgIpc) is 3.08. The number of nitrogen functional groups attached to an aromatic ring is 1. The van der Waals surface area contributed by atoms with Crippen LogP contribution in [0.2, 0.25) is 0 Å². The van der Waals surface area contributed by atoms with Crippen molar-refractivity contribution >= 4 is 38.8 Å². The third-order valence-corrected chi connectivity index (χ3v) is 4.77. The Kier molecular flexibility index (Phi) is 3.83. The van der Waals surface area contributed by atoms with Gasteiger partial charge in [0.05, 0.1) is 21.9 Å². The molecule has 3 N–H and O–H groups in total. The normalized spacial score (nSPS) is 10.7. The molecule has 0 aromatic carbocycles. The second kappa shape index (κ2) is 6.29. The van der Waals surface area contributed by atoms with Gasteiger partial charge in [0.25, 0.3) is 5.91 Å². The van der Waals surface area contributed by atoms with Crippen molar-refractivity contribution in [3.63, 3.8) is 0 Å². The largest absolute Gasteiger partial charge is 0.395 e. The number of carbonyl (C=O) groups is 1. The first kappa shape index (κ1) is 15.2. The van der Waals surface area contributed by atoms with Gasteiger partial charge in [-0.1, -0.05) is 6.07 Å². The summed E-state index contributed by atoms with van der Waals surface area (Å²) in [5, 5.41) is 3.80. The number of nitrogens with zero attached hydrogens (tertiary/aromatic N) is 3. The Labute approximate surface area is 147 Å². The smallest absolute Gasteiger partial charge is 0.265 e. The van der Waals surface area contributed by atoms with E-state index in [9.17, 15) is 4.79 Å². The quantitative estimate of drug-likeness (QED) is 0.591. The molecule has 0 atom stereocenters. The van der Waals surface area contributed by atoms with Gasteiger partial charge in [-0.25, -0.2) is 4.98 Å². The Morgan fingerprint density at radius 2 is 1.88 bits per heavy atom. The van der Waals surface area contributed by atoms with E-state index in [0.29, 0.717) is 21.9 Å². The Bertz CT molecular complexity index is 1030. The van der Waals surface area contributed by atoms with Crippen LogP contribution in [0.25, 0.3) is 21.5 Å². The van der Waals surface area contributed by atoms with E-state index >= 15 is 0 Å². The van der Waals surface area contributed by atoms with Gasteiger partial charge in [0.15, 0.2) is 0 Å². The molecule has 0 aliphatic rings. The zero-order chi connectivity index (χ0) is 17.2. The topological polar surface area (TPSA) is 93.8 Å². The number of pyridine rings is 3. The number of aromatic nitrogens is 3. The molecule has 4 aromatic rings. The maximum atomic E-state index is 12.6. The van der Waals surface area contributed by atoms with Crippen molar-refractivity contribution in [1.29, 1.82) is 0 Å². The van der Waals surface area contributed by atoms with E-state index in [-0.39, 0.29) is 5.91 Å². The Hall–Kier alpha value is -3.32. The molecule has 25 heavy (non-hydrogen) atoms. The average molecular weight is 347 g/mol. The monoisotopic (exact) mass is 347 g/mol. The molecule has 0 aliphatic carbocycles. The summed E-state index contributed by atoms with van der Waals surface area (Å²) in [6.45, 7) is 0. The number of nitrogens with one attached hydrogen (secondary N) is 1. The number of carbonyl (C=O) groups excluding carboxylic acids is 1. The van der Waals surface area contributed by atoms with Gasteiger partial charge in [-0.15, -0.1) is 11.3 Å². The molecule has 0 unspecified atom stereocenters. The summed E-state index contributed by atoms with van der Waals surface area (Å²) in [6.07, 6.45) is 6.67. The highest BCUT2D eigenvalue weighted by Crippen LogP contribution is 2.30. The van der Waals surface area contributed by atoms with Gasteiger partial charge >= 0.3 is 0 Å². The van der Waals surface area contributed by atoms with E-state index in [1.54, 1.807) is 30.9 Å². The number of rotatable bonds is 3. The molecule has 0 radical (unpaired) electrons. The summed E-state index contributed by atoms with van der Waals surface area (Å²) >= 11 is 1.34. The van der Waals surface area contributed by atoms with E-state index < -0.39 is 0 Å². The Morgan fingerprint density at radius 3 is 2.68 bits per heavy atom. The first-order chi connectivity index (χ1) is 12.2. The van der Waals surface area contributed by atoms with E-state index in [0.717, 1.165) is 15.8 Å². The standard InChI is InChI=1S/C18H13N5OS/c19-15-13(5-9-21-16(15)11-3-7-20-8-4-11)23-17(24)14-10-12-2-1-6-22-18(12)25-14/h1-10H,19H2,(H,21,23,24). The second-order valence-corrected chi connectivity index (χ2v) is 6.35. The lowest BCUT2D eigenvalue weighted by molar-refractivity contribution is 0.103. The van der Waals surface area contributed by atoms with Gasteiger partial charge < -0.3 is 11.1 Å². The number of hydrogen-bond acceptors (Lipinski definition) is 6. The fourth-order valence-electron chi connectivity index (χ4n) is 2.49. The molecule has 0 saturated heterocycles. The van der Waals surface area contributed by atoms with Crippen LogP contribution in [0.1, 0.15) is 9.67 Å². The molecule has 7 heteroatoms. The number of nitrogens with two attached hydrogens (primary N) is 1. The second-order valence-electron chi connectivity index (χ2n) is 5.32. The summed E-state index contributed by atoms with van der Waals surface area (Å²) in [5.41, 5.74) is 8.61. The number of fused-ring (bicyclic) bond motifs is 1. The molecular formula is C18H13N5OS. The van der Waals surface area contributed by atoms with E-state index in [4.69, 9.17) is 5.73 Å². The molecule has 0 spiro atoms. The number of hydrogen-bond donors (Lipinski definition) is 2. The summed E-state index contributed by atoms with van der Waals surface area (Å²) < 4.78 is 0. The summed E-state index contributed by atoms with van der Waals surface area (Å²) in [7, 11) is 0. The maximum Gasteiger partial charge on any atom is 0.265 e. The fraction of sp³-hybridized carbons (Fsp3) is 0. The minimum absolute atomic E-state index is 0.221. The van der Waals surface area contributed by atoms with Crippen LogP contribution in [0.4, 0.5) is 11.4 Å². The van der Waals surface area contributed by atoms with Crippen molar-refractivity contribution in [1.82, 2.24) is 15.0 Å². The van der Waals surface area contributed by atoms with Crippen molar-refractivity contribution in [2.45, 2.75) is 0 Å². The molecule has 4 aromatic heterocycles. The summed E-state index contributed by atoms with van der Waals surface area (Å²) in [6, 6.07) is 10.9. The van der Waals surface area contributed by atoms with Crippen molar-refractivity contribution < 1.29 is 4.79 Å². The predicted octanol–water partition coefficient (Wildman–Crippen LogP) is 3.59. The molecule has 4 heterocycles. The van der Waals surface area contributed by atoms with Crippen LogP contribution in [0, 0.1) is 0 Å². The first-order valence-electron chi connectivity index (χ1n) is 7.53. The highest BCUT2D eigenvalue weighted by atomic mass is 32.1. The number of thiophene rings is 1. The molecule has 0 aliphatic heterocycles. The minimum Gasteiger partial charge on any atom is -0.395 e. The zero-order valence-corrected chi connectivity index (χ0v) is 13.8.